The summed E-state index contributed by atoms with van der Waals surface area (Å²) < 4.78 is 16.5. The molecule has 0 spiro atoms. The van der Waals surface area contributed by atoms with E-state index >= 15 is 0 Å². The van der Waals surface area contributed by atoms with Crippen LogP contribution in [0.2, 0.25) is 0 Å². The third kappa shape index (κ3) is 5.57. The molecule has 29 heavy (non-hydrogen) atoms. The Bertz CT molecular complexity index is 836. The van der Waals surface area contributed by atoms with E-state index in [9.17, 15) is 9.59 Å². The van der Waals surface area contributed by atoms with Crippen molar-refractivity contribution in [2.24, 2.45) is 0 Å². The van der Waals surface area contributed by atoms with Gasteiger partial charge in [-0.1, -0.05) is 18.2 Å². The Morgan fingerprint density at radius 1 is 1.14 bits per heavy atom. The molecule has 0 aliphatic carbocycles. The standard InChI is InChI=1S/C23H27NO5/c1-15-6-4-7-16(2)21(15)24-22(25)17(3)29-23(26)18-9-11-19(12-10-18)28-14-20-8-5-13-27-20/h4,6-7,9-12,17,20H,5,8,13-14H2,1-3H3,(H,24,25)/t17-,20-/m0/s1. The van der Waals surface area contributed by atoms with Crippen LogP contribution < -0.4 is 10.1 Å². The van der Waals surface area contributed by atoms with Gasteiger partial charge in [-0.2, -0.15) is 0 Å². The molecular formula is C23H27NO5. The summed E-state index contributed by atoms with van der Waals surface area (Å²) in [4.78, 5) is 24.8. The number of hydrogen-bond donors (Lipinski definition) is 1. The molecule has 154 valence electrons. The molecule has 2 atom stereocenters. The van der Waals surface area contributed by atoms with E-state index in [0.717, 1.165) is 36.3 Å². The first-order valence-electron chi connectivity index (χ1n) is 9.86. The van der Waals surface area contributed by atoms with E-state index in [1.165, 1.54) is 0 Å². The molecule has 1 amide bonds. The first-order chi connectivity index (χ1) is 13.9. The van der Waals surface area contributed by atoms with Crippen LogP contribution in [-0.4, -0.2) is 37.3 Å². The van der Waals surface area contributed by atoms with E-state index in [-0.39, 0.29) is 12.0 Å². The van der Waals surface area contributed by atoms with Crippen LogP contribution in [0.15, 0.2) is 42.5 Å². The lowest BCUT2D eigenvalue weighted by Crippen LogP contribution is -2.30. The number of para-hydroxylation sites is 1. The normalized spacial score (nSPS) is 16.9. The summed E-state index contributed by atoms with van der Waals surface area (Å²) in [6.45, 7) is 6.68. The molecule has 2 aromatic rings. The average Bonchev–Trinajstić information content (AvgIpc) is 3.23. The maximum atomic E-state index is 12.4. The number of esters is 1. The number of carbonyl (C=O) groups is 2. The highest BCUT2D eigenvalue weighted by atomic mass is 16.5. The summed E-state index contributed by atoms with van der Waals surface area (Å²) in [6, 6.07) is 12.5. The Morgan fingerprint density at radius 3 is 2.45 bits per heavy atom. The van der Waals surface area contributed by atoms with Crippen molar-refractivity contribution in [2.75, 3.05) is 18.5 Å². The van der Waals surface area contributed by atoms with Crippen molar-refractivity contribution in [1.82, 2.24) is 0 Å². The Labute approximate surface area is 171 Å². The maximum absolute atomic E-state index is 12.4. The van der Waals surface area contributed by atoms with Crippen LogP contribution in [0.1, 0.15) is 41.3 Å². The highest BCUT2D eigenvalue weighted by molar-refractivity contribution is 5.98. The number of carbonyl (C=O) groups excluding carboxylic acids is 2. The summed E-state index contributed by atoms with van der Waals surface area (Å²) >= 11 is 0. The Kier molecular flexibility index (Phi) is 6.88. The van der Waals surface area contributed by atoms with Crippen molar-refractivity contribution < 1.29 is 23.8 Å². The van der Waals surface area contributed by atoms with E-state index in [2.05, 4.69) is 5.32 Å². The SMILES string of the molecule is Cc1cccc(C)c1NC(=O)[C@H](C)OC(=O)c1ccc(OC[C@@H]2CCCO2)cc1. The zero-order valence-corrected chi connectivity index (χ0v) is 17.1. The molecule has 1 N–H and O–H groups in total. The zero-order valence-electron chi connectivity index (χ0n) is 17.1. The van der Waals surface area contributed by atoms with Gasteiger partial charge in [0.1, 0.15) is 12.4 Å². The zero-order chi connectivity index (χ0) is 20.8. The first-order valence-corrected chi connectivity index (χ1v) is 9.86. The highest BCUT2D eigenvalue weighted by Gasteiger charge is 2.20. The lowest BCUT2D eigenvalue weighted by molar-refractivity contribution is -0.123. The van der Waals surface area contributed by atoms with Crippen LogP contribution in [0.25, 0.3) is 0 Å². The second kappa shape index (κ2) is 9.56. The molecule has 0 bridgehead atoms. The van der Waals surface area contributed by atoms with Gasteiger partial charge in [0.25, 0.3) is 5.91 Å². The van der Waals surface area contributed by atoms with E-state index in [1.807, 2.05) is 32.0 Å². The van der Waals surface area contributed by atoms with Crippen molar-refractivity contribution in [1.29, 1.82) is 0 Å². The number of rotatable bonds is 7. The van der Waals surface area contributed by atoms with Gasteiger partial charge in [0.2, 0.25) is 0 Å². The van der Waals surface area contributed by atoms with Gasteiger partial charge in [0, 0.05) is 12.3 Å². The Morgan fingerprint density at radius 2 is 1.83 bits per heavy atom. The lowest BCUT2D eigenvalue weighted by atomic mass is 10.1. The van der Waals surface area contributed by atoms with E-state index in [4.69, 9.17) is 14.2 Å². The van der Waals surface area contributed by atoms with Crippen molar-refractivity contribution in [3.05, 3.63) is 59.2 Å². The van der Waals surface area contributed by atoms with Crippen molar-refractivity contribution in [2.45, 2.75) is 45.8 Å². The summed E-state index contributed by atoms with van der Waals surface area (Å²) in [5.41, 5.74) is 3.01. The molecule has 1 fully saturated rings. The summed E-state index contributed by atoms with van der Waals surface area (Å²) in [6.07, 6.45) is 1.29. The minimum atomic E-state index is -0.919. The van der Waals surface area contributed by atoms with Crippen molar-refractivity contribution >= 4 is 17.6 Å². The maximum Gasteiger partial charge on any atom is 0.338 e. The minimum absolute atomic E-state index is 0.135. The number of nitrogens with one attached hydrogen (secondary N) is 1. The van der Waals surface area contributed by atoms with Crippen LogP contribution >= 0.6 is 0 Å². The van der Waals surface area contributed by atoms with Gasteiger partial charge in [-0.05, 0) is 69.0 Å². The molecule has 2 aromatic carbocycles. The molecule has 0 unspecified atom stereocenters. The largest absolute Gasteiger partial charge is 0.491 e. The average molecular weight is 397 g/mol. The molecule has 0 aromatic heterocycles. The van der Waals surface area contributed by atoms with E-state index in [1.54, 1.807) is 31.2 Å². The third-order valence-electron chi connectivity index (χ3n) is 4.93. The van der Waals surface area contributed by atoms with E-state index < -0.39 is 12.1 Å². The van der Waals surface area contributed by atoms with Crippen LogP contribution in [0.4, 0.5) is 5.69 Å². The molecule has 1 heterocycles. The van der Waals surface area contributed by atoms with Gasteiger partial charge < -0.3 is 19.5 Å². The number of amides is 1. The second-order valence-corrected chi connectivity index (χ2v) is 7.27. The topological polar surface area (TPSA) is 73.9 Å². The number of benzene rings is 2. The Hall–Kier alpha value is -2.86. The van der Waals surface area contributed by atoms with Gasteiger partial charge in [0.05, 0.1) is 11.7 Å². The quantitative estimate of drug-likeness (QED) is 0.714. The molecule has 3 rings (SSSR count). The molecule has 0 radical (unpaired) electrons. The summed E-state index contributed by atoms with van der Waals surface area (Å²) in [5.74, 6) is -0.259. The van der Waals surface area contributed by atoms with E-state index in [0.29, 0.717) is 17.9 Å². The highest BCUT2D eigenvalue weighted by Crippen LogP contribution is 2.20. The smallest absolute Gasteiger partial charge is 0.338 e. The molecule has 6 nitrogen and oxygen atoms in total. The fraction of sp³-hybridized carbons (Fsp3) is 0.391. The fourth-order valence-electron chi connectivity index (χ4n) is 3.17. The van der Waals surface area contributed by atoms with Crippen LogP contribution in [0, 0.1) is 13.8 Å². The molecule has 0 saturated carbocycles. The lowest BCUT2D eigenvalue weighted by Gasteiger charge is -2.16. The van der Waals surface area contributed by atoms with Gasteiger partial charge in [-0.25, -0.2) is 4.79 Å². The van der Waals surface area contributed by atoms with Crippen LogP contribution in [0.3, 0.4) is 0 Å². The predicted molar refractivity (Wildman–Crippen MR) is 110 cm³/mol. The van der Waals surface area contributed by atoms with Crippen LogP contribution in [-0.2, 0) is 14.3 Å². The van der Waals surface area contributed by atoms with Gasteiger partial charge in [-0.3, -0.25) is 4.79 Å². The monoisotopic (exact) mass is 397 g/mol. The number of ether oxygens (including phenoxy) is 3. The molecule has 1 aliphatic rings. The molecule has 6 heteroatoms. The molecular weight excluding hydrogens is 370 g/mol. The van der Waals surface area contributed by atoms with Crippen LogP contribution in [0.5, 0.6) is 5.75 Å². The number of anilines is 1. The van der Waals surface area contributed by atoms with Crippen molar-refractivity contribution in [3.63, 3.8) is 0 Å². The predicted octanol–water partition coefficient (Wildman–Crippen LogP) is 4.05. The first kappa shape index (κ1) is 20.9. The number of hydrogen-bond acceptors (Lipinski definition) is 5. The number of aryl methyl sites for hydroxylation is 2. The van der Waals surface area contributed by atoms with Gasteiger partial charge in [0.15, 0.2) is 6.10 Å². The molecule has 1 aliphatic heterocycles. The Balaban J connectivity index is 1.52. The summed E-state index contributed by atoms with van der Waals surface area (Å²) in [5, 5.41) is 2.84. The third-order valence-corrected chi connectivity index (χ3v) is 4.93. The minimum Gasteiger partial charge on any atom is -0.491 e. The fourth-order valence-corrected chi connectivity index (χ4v) is 3.17. The molecule has 1 saturated heterocycles. The van der Waals surface area contributed by atoms with Gasteiger partial charge in [-0.15, -0.1) is 0 Å². The van der Waals surface area contributed by atoms with Gasteiger partial charge >= 0.3 is 5.97 Å². The van der Waals surface area contributed by atoms with Crippen molar-refractivity contribution in [3.8, 4) is 5.75 Å². The summed E-state index contributed by atoms with van der Waals surface area (Å²) in [7, 11) is 0. The second-order valence-electron chi connectivity index (χ2n) is 7.27.